The van der Waals surface area contributed by atoms with Crippen molar-refractivity contribution in [1.82, 2.24) is 20.1 Å². The predicted molar refractivity (Wildman–Crippen MR) is 180 cm³/mol. The maximum atomic E-state index is 14.3. The number of likely N-dealkylation sites (tertiary alicyclic amines) is 1. The summed E-state index contributed by atoms with van der Waals surface area (Å²) >= 11 is 1.03. The highest BCUT2D eigenvalue weighted by molar-refractivity contribution is 7.52. The number of nitrogens with zero attached hydrogens (tertiary/aromatic N) is 3. The summed E-state index contributed by atoms with van der Waals surface area (Å²) in [7, 11) is -5.76. The van der Waals surface area contributed by atoms with Gasteiger partial charge < -0.3 is 24.9 Å². The van der Waals surface area contributed by atoms with Crippen LogP contribution in [0, 0.1) is 0 Å². The van der Waals surface area contributed by atoms with Gasteiger partial charge in [0.05, 0.1) is 4.88 Å². The minimum absolute atomic E-state index is 0.0858. The van der Waals surface area contributed by atoms with Crippen molar-refractivity contribution in [1.29, 1.82) is 0 Å². The Balaban J connectivity index is 1.03. The Bertz CT molecular complexity index is 1960. The maximum absolute atomic E-state index is 14.3. The summed E-state index contributed by atoms with van der Waals surface area (Å²) < 4.78 is 40.5. The Labute approximate surface area is 285 Å². The second kappa shape index (κ2) is 13.0. The van der Waals surface area contributed by atoms with Gasteiger partial charge in [-0.25, -0.2) is 0 Å². The third-order valence-electron chi connectivity index (χ3n) is 9.91. The maximum Gasteiger partial charge on any atom is 0.399 e. The molecular weight excluding hydrogens is 673 g/mol. The Hall–Kier alpha value is -4.03. The van der Waals surface area contributed by atoms with Gasteiger partial charge in [-0.05, 0) is 66.5 Å². The molecule has 256 valence electrons. The number of alkyl halides is 2. The minimum Gasteiger partial charge on any atom is -0.340 e. The number of amides is 3. The van der Waals surface area contributed by atoms with E-state index in [4.69, 9.17) is 9.79 Å². The average molecular weight is 709 g/mol. The average Bonchev–Trinajstić information content (AvgIpc) is 3.68. The summed E-state index contributed by atoms with van der Waals surface area (Å²) in [4.78, 5) is 67.6. The molecule has 14 heteroatoms. The van der Waals surface area contributed by atoms with Crippen LogP contribution < -0.4 is 5.32 Å². The van der Waals surface area contributed by atoms with Crippen molar-refractivity contribution in [3.05, 3.63) is 89.1 Å². The molecule has 0 radical (unpaired) electrons. The van der Waals surface area contributed by atoms with E-state index in [2.05, 4.69) is 16.4 Å². The van der Waals surface area contributed by atoms with Crippen LogP contribution in [-0.4, -0.2) is 73.5 Å². The molecule has 3 amide bonds. The van der Waals surface area contributed by atoms with Crippen LogP contribution in [0.4, 0.5) is 8.78 Å². The van der Waals surface area contributed by atoms with Gasteiger partial charge in [-0.2, -0.15) is 8.78 Å². The lowest BCUT2D eigenvalue weighted by atomic mass is 9.90. The van der Waals surface area contributed by atoms with Crippen LogP contribution in [0.25, 0.3) is 21.2 Å². The third-order valence-corrected chi connectivity index (χ3v) is 12.0. The predicted octanol–water partition coefficient (Wildman–Crippen LogP) is 5.85. The highest BCUT2D eigenvalue weighted by Crippen LogP contribution is 2.59. The van der Waals surface area contributed by atoms with E-state index in [0.29, 0.717) is 37.1 Å². The second-order valence-corrected chi connectivity index (χ2v) is 15.8. The summed E-state index contributed by atoms with van der Waals surface area (Å²) in [5.41, 5.74) is -2.08. The number of fused-ring (bicyclic) bond motifs is 2. The zero-order chi connectivity index (χ0) is 34.5. The molecule has 10 nitrogen and oxygen atoms in total. The van der Waals surface area contributed by atoms with Crippen molar-refractivity contribution in [3.63, 3.8) is 0 Å². The van der Waals surface area contributed by atoms with Gasteiger partial charge in [0.1, 0.15) is 12.1 Å². The molecule has 0 saturated carbocycles. The molecule has 3 N–H and O–H groups in total. The van der Waals surface area contributed by atoms with Crippen LogP contribution in [0.5, 0.6) is 0 Å². The molecule has 3 atom stereocenters. The van der Waals surface area contributed by atoms with E-state index in [1.807, 2.05) is 42.7 Å². The van der Waals surface area contributed by atoms with Gasteiger partial charge in [-0.1, -0.05) is 49.2 Å². The molecule has 3 aliphatic heterocycles. The molecule has 2 aromatic carbocycles. The number of halogens is 2. The van der Waals surface area contributed by atoms with Crippen LogP contribution in [0.2, 0.25) is 0 Å². The summed E-state index contributed by atoms with van der Waals surface area (Å²) in [6, 6.07) is 15.1. The quantitative estimate of drug-likeness (QED) is 0.205. The zero-order valence-electron chi connectivity index (χ0n) is 26.4. The number of aromatic nitrogens is 1. The molecule has 0 aliphatic carbocycles. The molecule has 7 rings (SSSR count). The van der Waals surface area contributed by atoms with Gasteiger partial charge in [0, 0.05) is 53.3 Å². The molecule has 0 bridgehead atoms. The van der Waals surface area contributed by atoms with Gasteiger partial charge in [0.15, 0.2) is 0 Å². The number of benzene rings is 2. The van der Waals surface area contributed by atoms with E-state index in [1.54, 1.807) is 9.80 Å². The van der Waals surface area contributed by atoms with Crippen molar-refractivity contribution >= 4 is 46.7 Å². The number of hydrogen-bond donors (Lipinski definition) is 3. The van der Waals surface area contributed by atoms with Gasteiger partial charge in [0.25, 0.3) is 5.91 Å². The Morgan fingerprint density at radius 2 is 1.69 bits per heavy atom. The van der Waals surface area contributed by atoms with E-state index in [0.717, 1.165) is 59.4 Å². The topological polar surface area (TPSA) is 140 Å². The highest BCUT2D eigenvalue weighted by atomic mass is 32.1. The van der Waals surface area contributed by atoms with Gasteiger partial charge in [0.2, 0.25) is 11.8 Å². The molecule has 0 spiro atoms. The molecule has 3 saturated heterocycles. The number of rotatable bonds is 7. The molecule has 3 aliphatic rings. The van der Waals surface area contributed by atoms with E-state index in [-0.39, 0.29) is 34.0 Å². The first-order chi connectivity index (χ1) is 23.4. The number of pyridine rings is 1. The van der Waals surface area contributed by atoms with Crippen molar-refractivity contribution in [3.8, 4) is 11.1 Å². The van der Waals surface area contributed by atoms with Crippen molar-refractivity contribution in [2.75, 3.05) is 13.1 Å². The third kappa shape index (κ3) is 6.40. The van der Waals surface area contributed by atoms with Crippen LogP contribution in [-0.2, 0) is 19.8 Å². The molecule has 2 aromatic heterocycles. The summed E-state index contributed by atoms with van der Waals surface area (Å²) in [5, 5.41) is 3.06. The fraction of sp³-hybridized carbons (Fsp3) is 0.371. The van der Waals surface area contributed by atoms with E-state index in [1.165, 1.54) is 12.1 Å². The monoisotopic (exact) mass is 708 g/mol. The number of thiophene rings is 1. The minimum atomic E-state index is -5.76. The number of carbonyl (C=O) groups is 3. The highest BCUT2D eigenvalue weighted by Gasteiger charge is 2.50. The lowest BCUT2D eigenvalue weighted by molar-refractivity contribution is -0.149. The fourth-order valence-corrected chi connectivity index (χ4v) is 8.62. The number of carbonyl (C=O) groups excluding carboxylic acids is 3. The molecule has 3 fully saturated rings. The molecular formula is C35H35F2N4O6PS. The van der Waals surface area contributed by atoms with Crippen LogP contribution >= 0.6 is 18.9 Å². The molecule has 4 aromatic rings. The number of nitrogens with one attached hydrogen (secondary N) is 1. The Kier molecular flexibility index (Phi) is 8.89. The van der Waals surface area contributed by atoms with Crippen molar-refractivity contribution < 1.29 is 37.5 Å². The lowest BCUT2D eigenvalue weighted by Crippen LogP contribution is -2.59. The van der Waals surface area contributed by atoms with E-state index in [9.17, 15) is 27.7 Å². The largest absolute Gasteiger partial charge is 0.399 e. The summed E-state index contributed by atoms with van der Waals surface area (Å²) in [6.07, 6.45) is 7.68. The van der Waals surface area contributed by atoms with Crippen molar-refractivity contribution in [2.45, 2.75) is 68.2 Å². The van der Waals surface area contributed by atoms with Crippen LogP contribution in [0.1, 0.15) is 65.2 Å². The number of hydrogen-bond acceptors (Lipinski definition) is 6. The zero-order valence-corrected chi connectivity index (χ0v) is 28.1. The smallest absolute Gasteiger partial charge is 0.340 e. The van der Waals surface area contributed by atoms with Gasteiger partial charge in [-0.15, -0.1) is 11.3 Å². The van der Waals surface area contributed by atoms with Gasteiger partial charge in [-0.3, -0.25) is 23.9 Å². The first kappa shape index (κ1) is 33.5. The van der Waals surface area contributed by atoms with E-state index >= 15 is 0 Å². The Morgan fingerprint density at radius 1 is 0.939 bits per heavy atom. The Morgan fingerprint density at radius 3 is 2.45 bits per heavy atom. The first-order valence-electron chi connectivity index (χ1n) is 16.3. The summed E-state index contributed by atoms with van der Waals surface area (Å²) in [5.74, 6) is -0.792. The van der Waals surface area contributed by atoms with Crippen LogP contribution in [0.15, 0.2) is 73.1 Å². The standard InChI is InChI=1S/C35H35F2N4O6PS/c36-35(37,48(45,46)47)26-10-13-30-22(15-26)16-31(49-30)32(42)39-28-9-5-4-8-27-11-12-29(41(27)33(28)43)34(44)40-19-25(20-40)24-14-23(17-38-18-24)21-6-2-1-3-7-21/h1-3,6-7,10,13-18,25,27-29H,4-5,8-9,11-12,19-20H2,(H,39,42)(H2,45,46,47)/t27-,28-,29-/m0/s1. The SMILES string of the molecule is O=C(N[C@H]1CCCC[C@H]2CC[C@@H](C(=O)N3CC(c4cncc(-c5ccccc5)c4)C3)N2C1=O)c1cc2cc(C(F)(F)P(=O)(O)O)ccc2s1. The molecule has 49 heavy (non-hydrogen) atoms. The molecule has 5 heterocycles. The van der Waals surface area contributed by atoms with E-state index < -0.39 is 36.8 Å². The normalized spacial score (nSPS) is 22.0. The summed E-state index contributed by atoms with van der Waals surface area (Å²) in [6.45, 7) is 1.08. The first-order valence-corrected chi connectivity index (χ1v) is 18.7. The lowest BCUT2D eigenvalue weighted by Gasteiger charge is -2.43. The van der Waals surface area contributed by atoms with Crippen molar-refractivity contribution in [2.24, 2.45) is 0 Å². The second-order valence-electron chi connectivity index (χ2n) is 13.1. The van der Waals surface area contributed by atoms with Gasteiger partial charge >= 0.3 is 13.3 Å². The van der Waals surface area contributed by atoms with Crippen LogP contribution in [0.3, 0.4) is 0 Å². The molecule has 0 unspecified atom stereocenters. The fourth-order valence-electron chi connectivity index (χ4n) is 7.20.